The highest BCUT2D eigenvalue weighted by molar-refractivity contribution is 5.80. The molecule has 9 nitrogen and oxygen atoms in total. The lowest BCUT2D eigenvalue weighted by Gasteiger charge is -2.17. The molecule has 22 heavy (non-hydrogen) atoms. The van der Waals surface area contributed by atoms with Crippen LogP contribution in [-0.2, 0) is 4.74 Å². The lowest BCUT2D eigenvalue weighted by molar-refractivity contribution is -0.0508. The Bertz CT molecular complexity index is 755. The summed E-state index contributed by atoms with van der Waals surface area (Å²) in [5.41, 5.74) is 0.696. The Labute approximate surface area is 125 Å². The highest BCUT2D eigenvalue weighted by atomic mass is 16.6. The summed E-state index contributed by atoms with van der Waals surface area (Å²) in [5.74, 6) is 0.281. The molecule has 1 fully saturated rings. The second-order valence-electron chi connectivity index (χ2n) is 5.31. The molecule has 1 saturated heterocycles. The molecule has 0 radical (unpaired) electrons. The fourth-order valence-corrected chi connectivity index (χ4v) is 2.76. The van der Waals surface area contributed by atoms with Crippen molar-refractivity contribution in [3.8, 4) is 0 Å². The number of hydrogen-bond acceptors (Lipinski definition) is 7. The molecule has 9 heteroatoms. The first-order chi connectivity index (χ1) is 10.5. The van der Waals surface area contributed by atoms with Crippen LogP contribution in [0, 0.1) is 6.92 Å². The number of anilines is 1. The Kier molecular flexibility index (Phi) is 3.65. The van der Waals surface area contributed by atoms with E-state index in [1.165, 1.54) is 4.57 Å². The molecule has 0 spiro atoms. The Hall–Kier alpha value is -1.94. The van der Waals surface area contributed by atoms with Crippen LogP contribution in [0.25, 0.3) is 11.0 Å². The number of rotatable bonds is 3. The van der Waals surface area contributed by atoms with Crippen molar-refractivity contribution in [2.24, 2.45) is 0 Å². The topological polar surface area (TPSA) is 133 Å². The third-order valence-electron chi connectivity index (χ3n) is 3.90. The zero-order chi connectivity index (χ0) is 16.0. The van der Waals surface area contributed by atoms with Crippen LogP contribution in [0.3, 0.4) is 0 Å². The van der Waals surface area contributed by atoms with E-state index in [2.05, 4.69) is 15.3 Å². The third kappa shape index (κ3) is 2.10. The first-order valence-corrected chi connectivity index (χ1v) is 6.89. The van der Waals surface area contributed by atoms with Crippen molar-refractivity contribution in [1.29, 1.82) is 0 Å². The van der Waals surface area contributed by atoms with Gasteiger partial charge in [0.05, 0.1) is 12.0 Å². The van der Waals surface area contributed by atoms with Crippen molar-refractivity contribution in [2.75, 3.05) is 19.0 Å². The molecule has 0 bridgehead atoms. The second-order valence-corrected chi connectivity index (χ2v) is 5.31. The molecular formula is C13H18N4O5. The number of nitrogens with one attached hydrogen (secondary N) is 2. The number of aliphatic hydroxyl groups is 3. The van der Waals surface area contributed by atoms with E-state index in [-0.39, 0.29) is 11.5 Å². The van der Waals surface area contributed by atoms with E-state index >= 15 is 0 Å². The molecule has 4 atom stereocenters. The summed E-state index contributed by atoms with van der Waals surface area (Å²) in [4.78, 5) is 19.0. The van der Waals surface area contributed by atoms with Gasteiger partial charge in [0.1, 0.15) is 18.3 Å². The summed E-state index contributed by atoms with van der Waals surface area (Å²) >= 11 is 0. The molecular weight excluding hydrogens is 292 g/mol. The minimum absolute atomic E-state index is 0.281. The Morgan fingerprint density at radius 3 is 2.77 bits per heavy atom. The standard InChI is InChI=1S/C13H18N4O5/c1-5-3-17(12-9(20)8(19)6(4-18)22-12)10-7(5)11(21)16-13(14-2)15-10/h3,6,8-9,12,18-20H,4H2,1-2H3,(H2,14,15,16,21)/t6-,8-,9-,12-/m1/s1. The quantitative estimate of drug-likeness (QED) is 0.475. The molecule has 0 aromatic carbocycles. The molecule has 0 saturated carbocycles. The summed E-state index contributed by atoms with van der Waals surface area (Å²) in [7, 11) is 1.62. The fourth-order valence-electron chi connectivity index (χ4n) is 2.76. The van der Waals surface area contributed by atoms with E-state index in [1.807, 2.05) is 0 Å². The van der Waals surface area contributed by atoms with Gasteiger partial charge in [0.25, 0.3) is 5.56 Å². The largest absolute Gasteiger partial charge is 0.394 e. The maximum absolute atomic E-state index is 12.1. The third-order valence-corrected chi connectivity index (χ3v) is 3.90. The van der Waals surface area contributed by atoms with Crippen molar-refractivity contribution in [3.05, 3.63) is 22.1 Å². The summed E-state index contributed by atoms with van der Waals surface area (Å²) < 4.78 is 7.00. The predicted molar refractivity (Wildman–Crippen MR) is 77.6 cm³/mol. The van der Waals surface area contributed by atoms with Crippen molar-refractivity contribution in [3.63, 3.8) is 0 Å². The first-order valence-electron chi connectivity index (χ1n) is 6.89. The Morgan fingerprint density at radius 1 is 1.45 bits per heavy atom. The molecule has 0 aliphatic carbocycles. The molecule has 2 aromatic rings. The van der Waals surface area contributed by atoms with Gasteiger partial charge in [0.2, 0.25) is 5.95 Å². The van der Waals surface area contributed by atoms with E-state index in [1.54, 1.807) is 20.2 Å². The Morgan fingerprint density at radius 2 is 2.18 bits per heavy atom. The monoisotopic (exact) mass is 310 g/mol. The molecule has 120 valence electrons. The molecule has 5 N–H and O–H groups in total. The molecule has 3 rings (SSSR count). The number of aryl methyl sites for hydroxylation is 1. The maximum atomic E-state index is 12.1. The highest BCUT2D eigenvalue weighted by Crippen LogP contribution is 2.32. The molecule has 1 aliphatic heterocycles. The number of nitrogens with zero attached hydrogens (tertiary/aromatic N) is 2. The van der Waals surface area contributed by atoms with Crippen LogP contribution < -0.4 is 10.9 Å². The van der Waals surface area contributed by atoms with Gasteiger partial charge in [-0.1, -0.05) is 0 Å². The summed E-state index contributed by atoms with van der Waals surface area (Å²) in [6.45, 7) is 1.33. The smallest absolute Gasteiger partial charge is 0.262 e. The summed E-state index contributed by atoms with van der Waals surface area (Å²) in [6.07, 6.45) is -2.62. The molecule has 1 aliphatic rings. The number of aromatic nitrogens is 3. The lowest BCUT2D eigenvalue weighted by atomic mass is 10.1. The van der Waals surface area contributed by atoms with Crippen molar-refractivity contribution in [2.45, 2.75) is 31.5 Å². The molecule has 3 heterocycles. The minimum Gasteiger partial charge on any atom is -0.394 e. The second kappa shape index (κ2) is 5.36. The van der Waals surface area contributed by atoms with Gasteiger partial charge in [0, 0.05) is 13.2 Å². The van der Waals surface area contributed by atoms with Crippen LogP contribution in [0.15, 0.2) is 11.0 Å². The van der Waals surface area contributed by atoms with Crippen molar-refractivity contribution < 1.29 is 20.1 Å². The van der Waals surface area contributed by atoms with Crippen LogP contribution in [0.4, 0.5) is 5.95 Å². The van der Waals surface area contributed by atoms with E-state index in [0.717, 1.165) is 0 Å². The van der Waals surface area contributed by atoms with Crippen LogP contribution >= 0.6 is 0 Å². The number of aliphatic hydroxyl groups excluding tert-OH is 3. The summed E-state index contributed by atoms with van der Waals surface area (Å²) in [6, 6.07) is 0. The SMILES string of the molecule is CNc1nc2c(c(C)cn2[C@@H]2O[C@H](CO)[C@@H](O)[C@H]2O)c(=O)[nH]1. The summed E-state index contributed by atoms with van der Waals surface area (Å²) in [5, 5.41) is 32.3. The lowest BCUT2D eigenvalue weighted by Crippen LogP contribution is -2.33. The highest BCUT2D eigenvalue weighted by Gasteiger charge is 2.44. The maximum Gasteiger partial charge on any atom is 0.262 e. The Balaban J connectivity index is 2.16. The van der Waals surface area contributed by atoms with Gasteiger partial charge in [-0.25, -0.2) is 0 Å². The van der Waals surface area contributed by atoms with E-state index < -0.39 is 31.1 Å². The van der Waals surface area contributed by atoms with Gasteiger partial charge >= 0.3 is 0 Å². The van der Waals surface area contributed by atoms with E-state index in [9.17, 15) is 20.1 Å². The van der Waals surface area contributed by atoms with Crippen molar-refractivity contribution >= 4 is 17.0 Å². The van der Waals surface area contributed by atoms with Gasteiger partial charge in [-0.3, -0.25) is 9.78 Å². The van der Waals surface area contributed by atoms with Gasteiger partial charge in [-0.15, -0.1) is 0 Å². The molecule has 2 aromatic heterocycles. The average Bonchev–Trinajstić information content (AvgIpc) is 2.98. The minimum atomic E-state index is -1.23. The van der Waals surface area contributed by atoms with Crippen LogP contribution in [0.5, 0.6) is 0 Å². The molecule has 0 unspecified atom stereocenters. The number of fused-ring (bicyclic) bond motifs is 1. The average molecular weight is 310 g/mol. The zero-order valence-electron chi connectivity index (χ0n) is 12.1. The van der Waals surface area contributed by atoms with E-state index in [0.29, 0.717) is 16.6 Å². The van der Waals surface area contributed by atoms with Crippen LogP contribution in [0.1, 0.15) is 11.8 Å². The normalized spacial score (nSPS) is 28.4. The predicted octanol–water partition coefficient (Wildman–Crippen LogP) is -1.31. The zero-order valence-corrected chi connectivity index (χ0v) is 12.1. The van der Waals surface area contributed by atoms with Crippen molar-refractivity contribution in [1.82, 2.24) is 14.5 Å². The van der Waals surface area contributed by atoms with Gasteiger partial charge in [-0.2, -0.15) is 4.98 Å². The number of H-pyrrole nitrogens is 1. The van der Waals surface area contributed by atoms with Gasteiger partial charge in [-0.05, 0) is 12.5 Å². The fraction of sp³-hybridized carbons (Fsp3) is 0.538. The molecule has 0 amide bonds. The first kappa shape index (κ1) is 15.0. The van der Waals surface area contributed by atoms with Gasteiger partial charge < -0.3 is 29.9 Å². The van der Waals surface area contributed by atoms with Crippen LogP contribution in [-0.4, -0.2) is 61.8 Å². The number of aromatic amines is 1. The number of hydrogen-bond donors (Lipinski definition) is 5. The van der Waals surface area contributed by atoms with E-state index in [4.69, 9.17) is 4.74 Å². The number of ether oxygens (including phenoxy) is 1. The van der Waals surface area contributed by atoms with Gasteiger partial charge in [0.15, 0.2) is 11.9 Å². The van der Waals surface area contributed by atoms with Crippen LogP contribution in [0.2, 0.25) is 0 Å².